The summed E-state index contributed by atoms with van der Waals surface area (Å²) < 4.78 is 0.311. The maximum atomic E-state index is 4.88. The fourth-order valence-corrected chi connectivity index (χ4v) is 4.02. The van der Waals surface area contributed by atoms with E-state index in [0.29, 0.717) is 4.75 Å². The highest BCUT2D eigenvalue weighted by Gasteiger charge is 2.29. The highest BCUT2D eigenvalue weighted by atomic mass is 32.2. The quantitative estimate of drug-likeness (QED) is 0.842. The Balaban J connectivity index is 2.27. The number of thioether (sulfide) groups is 1. The Morgan fingerprint density at radius 1 is 1.38 bits per heavy atom. The average molecular weight is 308 g/mol. The first kappa shape index (κ1) is 16.6. The van der Waals surface area contributed by atoms with Gasteiger partial charge in [0.2, 0.25) is 0 Å². The van der Waals surface area contributed by atoms with Crippen molar-refractivity contribution in [3.63, 3.8) is 0 Å². The predicted molar refractivity (Wildman–Crippen MR) is 94.5 cm³/mol. The van der Waals surface area contributed by atoms with Crippen molar-refractivity contribution in [2.24, 2.45) is 0 Å². The molecule has 4 heteroatoms. The van der Waals surface area contributed by atoms with Crippen molar-refractivity contribution in [1.29, 1.82) is 0 Å². The number of rotatable bonds is 5. The molecule has 1 aromatic heterocycles. The first-order chi connectivity index (χ1) is 9.93. The zero-order valence-electron chi connectivity index (χ0n) is 14.1. The van der Waals surface area contributed by atoms with E-state index in [1.165, 1.54) is 29.1 Å². The van der Waals surface area contributed by atoms with Crippen LogP contribution in [0.25, 0.3) is 0 Å². The lowest BCUT2D eigenvalue weighted by molar-refractivity contribution is 0.629. The Labute approximate surface area is 133 Å². The van der Waals surface area contributed by atoms with Gasteiger partial charge in [0.25, 0.3) is 0 Å². The molecule has 118 valence electrons. The maximum Gasteiger partial charge on any atom is 0.133 e. The molecule has 1 aliphatic rings. The molecule has 1 aromatic rings. The largest absolute Gasteiger partial charge is 0.354 e. The van der Waals surface area contributed by atoms with Crippen LogP contribution in [0.15, 0.2) is 6.07 Å². The maximum absolute atomic E-state index is 4.88. The molecule has 2 heterocycles. The van der Waals surface area contributed by atoms with Crippen LogP contribution in [0.2, 0.25) is 0 Å². The van der Waals surface area contributed by atoms with Crippen LogP contribution in [0.3, 0.4) is 0 Å². The molecule has 21 heavy (non-hydrogen) atoms. The van der Waals surface area contributed by atoms with E-state index in [9.17, 15) is 0 Å². The zero-order chi connectivity index (χ0) is 15.5. The van der Waals surface area contributed by atoms with Gasteiger partial charge in [-0.3, -0.25) is 0 Å². The number of anilines is 1. The standard InChI is InChI=1S/C17H29N3S/c1-6-7-18-11-15-13(2)10-14(3)19-16(15)20-8-9-21-17(4,5)12-20/h10,18H,6-9,11-12H2,1-5H3. The molecular weight excluding hydrogens is 278 g/mol. The van der Waals surface area contributed by atoms with Crippen LogP contribution in [-0.4, -0.2) is 35.1 Å². The van der Waals surface area contributed by atoms with E-state index in [-0.39, 0.29) is 0 Å². The van der Waals surface area contributed by atoms with Crippen LogP contribution < -0.4 is 10.2 Å². The van der Waals surface area contributed by atoms with Gasteiger partial charge in [0, 0.05) is 41.4 Å². The number of hydrogen-bond acceptors (Lipinski definition) is 4. The Morgan fingerprint density at radius 2 is 2.14 bits per heavy atom. The first-order valence-electron chi connectivity index (χ1n) is 7.99. The summed E-state index contributed by atoms with van der Waals surface area (Å²) in [4.78, 5) is 7.36. The molecule has 2 rings (SSSR count). The average Bonchev–Trinajstić information content (AvgIpc) is 2.39. The summed E-state index contributed by atoms with van der Waals surface area (Å²) in [6.45, 7) is 15.4. The molecule has 0 atom stereocenters. The van der Waals surface area contributed by atoms with Crippen molar-refractivity contribution in [1.82, 2.24) is 10.3 Å². The molecule has 0 aromatic carbocycles. The summed E-state index contributed by atoms with van der Waals surface area (Å²) in [7, 11) is 0. The fraction of sp³-hybridized carbons (Fsp3) is 0.706. The molecule has 1 fully saturated rings. The second-order valence-electron chi connectivity index (χ2n) is 6.59. The third-order valence-corrected chi connectivity index (χ3v) is 5.20. The van der Waals surface area contributed by atoms with Gasteiger partial charge in [0.1, 0.15) is 5.82 Å². The Bertz CT molecular complexity index is 485. The van der Waals surface area contributed by atoms with Crippen LogP contribution in [0.1, 0.15) is 44.0 Å². The summed E-state index contributed by atoms with van der Waals surface area (Å²) >= 11 is 2.07. The number of nitrogens with one attached hydrogen (secondary N) is 1. The molecule has 3 nitrogen and oxygen atoms in total. The number of nitrogens with zero attached hydrogens (tertiary/aromatic N) is 2. The van der Waals surface area contributed by atoms with Crippen molar-refractivity contribution < 1.29 is 0 Å². The topological polar surface area (TPSA) is 28.2 Å². The van der Waals surface area contributed by atoms with Gasteiger partial charge >= 0.3 is 0 Å². The van der Waals surface area contributed by atoms with Gasteiger partial charge < -0.3 is 10.2 Å². The van der Waals surface area contributed by atoms with Gasteiger partial charge in [-0.25, -0.2) is 4.98 Å². The SMILES string of the molecule is CCCNCc1c(C)cc(C)nc1N1CCSC(C)(C)C1. The van der Waals surface area contributed by atoms with Gasteiger partial charge in [-0.05, 0) is 52.3 Å². The number of aryl methyl sites for hydroxylation is 2. The molecule has 0 spiro atoms. The van der Waals surface area contributed by atoms with Crippen molar-refractivity contribution in [3.8, 4) is 0 Å². The Morgan fingerprint density at radius 3 is 2.81 bits per heavy atom. The number of aromatic nitrogens is 1. The number of hydrogen-bond donors (Lipinski definition) is 1. The van der Waals surface area contributed by atoms with E-state index >= 15 is 0 Å². The van der Waals surface area contributed by atoms with Crippen molar-refractivity contribution in [2.75, 3.05) is 30.3 Å². The van der Waals surface area contributed by atoms with Crippen molar-refractivity contribution >= 4 is 17.6 Å². The summed E-state index contributed by atoms with van der Waals surface area (Å²) in [5.74, 6) is 2.38. The minimum absolute atomic E-state index is 0.311. The van der Waals surface area contributed by atoms with E-state index in [2.05, 4.69) is 62.7 Å². The lowest BCUT2D eigenvalue weighted by Crippen LogP contribution is -2.44. The first-order valence-corrected chi connectivity index (χ1v) is 8.98. The highest BCUT2D eigenvalue weighted by molar-refractivity contribution is 8.00. The van der Waals surface area contributed by atoms with Gasteiger partial charge in [-0.1, -0.05) is 6.92 Å². The molecule has 0 amide bonds. The molecule has 1 N–H and O–H groups in total. The van der Waals surface area contributed by atoms with Crippen LogP contribution in [0, 0.1) is 13.8 Å². The monoisotopic (exact) mass is 307 g/mol. The zero-order valence-corrected chi connectivity index (χ0v) is 14.9. The smallest absolute Gasteiger partial charge is 0.133 e. The van der Waals surface area contributed by atoms with Crippen LogP contribution in [0.5, 0.6) is 0 Å². The van der Waals surface area contributed by atoms with E-state index in [1.54, 1.807) is 0 Å². The van der Waals surface area contributed by atoms with Gasteiger partial charge in [0.15, 0.2) is 0 Å². The van der Waals surface area contributed by atoms with E-state index in [0.717, 1.165) is 31.9 Å². The van der Waals surface area contributed by atoms with Crippen molar-refractivity contribution in [2.45, 2.75) is 52.3 Å². The highest BCUT2D eigenvalue weighted by Crippen LogP contribution is 2.33. The molecule has 0 aliphatic carbocycles. The Kier molecular flexibility index (Phi) is 5.55. The van der Waals surface area contributed by atoms with E-state index < -0.39 is 0 Å². The van der Waals surface area contributed by atoms with Gasteiger partial charge in [-0.2, -0.15) is 11.8 Å². The van der Waals surface area contributed by atoms with Crippen molar-refractivity contribution in [3.05, 3.63) is 22.9 Å². The third kappa shape index (κ3) is 4.36. The number of pyridine rings is 1. The molecule has 0 radical (unpaired) electrons. The third-order valence-electron chi connectivity index (χ3n) is 3.91. The summed E-state index contributed by atoms with van der Waals surface area (Å²) in [6, 6.07) is 2.20. The lowest BCUT2D eigenvalue weighted by Gasteiger charge is -2.39. The molecular formula is C17H29N3S. The lowest BCUT2D eigenvalue weighted by atomic mass is 10.1. The summed E-state index contributed by atoms with van der Waals surface area (Å²) in [5.41, 5.74) is 3.85. The van der Waals surface area contributed by atoms with Crippen LogP contribution >= 0.6 is 11.8 Å². The molecule has 1 aliphatic heterocycles. The molecule has 0 saturated carbocycles. The fourth-order valence-electron chi connectivity index (χ4n) is 2.91. The van der Waals surface area contributed by atoms with E-state index in [1.807, 2.05) is 0 Å². The summed E-state index contributed by atoms with van der Waals surface area (Å²) in [6.07, 6.45) is 1.17. The summed E-state index contributed by atoms with van der Waals surface area (Å²) in [5, 5.41) is 3.54. The second-order valence-corrected chi connectivity index (χ2v) is 8.39. The van der Waals surface area contributed by atoms with Gasteiger partial charge in [0.05, 0.1) is 0 Å². The Hall–Kier alpha value is -0.740. The molecule has 0 unspecified atom stereocenters. The normalized spacial score (nSPS) is 18.0. The minimum atomic E-state index is 0.311. The molecule has 0 bridgehead atoms. The minimum Gasteiger partial charge on any atom is -0.354 e. The molecule has 1 saturated heterocycles. The van der Waals surface area contributed by atoms with Crippen LogP contribution in [0.4, 0.5) is 5.82 Å². The predicted octanol–water partition coefficient (Wildman–Crippen LogP) is 3.53. The van der Waals surface area contributed by atoms with Crippen LogP contribution in [-0.2, 0) is 6.54 Å². The van der Waals surface area contributed by atoms with Gasteiger partial charge in [-0.15, -0.1) is 0 Å². The van der Waals surface area contributed by atoms with E-state index in [4.69, 9.17) is 4.98 Å². The second kappa shape index (κ2) is 7.01.